The molecule has 1 aromatic heterocycles. The highest BCUT2D eigenvalue weighted by Gasteiger charge is 2.09. The van der Waals surface area contributed by atoms with E-state index in [1.54, 1.807) is 0 Å². The van der Waals surface area contributed by atoms with Crippen molar-refractivity contribution in [1.82, 2.24) is 9.88 Å². The molecule has 3 heteroatoms. The number of rotatable bonds is 8. The maximum Gasteiger partial charge on any atom is 0.149 e. The Hall–Kier alpha value is -2.39. The van der Waals surface area contributed by atoms with Gasteiger partial charge < -0.3 is 4.74 Å². The first-order chi connectivity index (χ1) is 13.1. The molecule has 3 aromatic rings. The average Bonchev–Trinajstić information content (AvgIpc) is 2.67. The predicted octanol–water partition coefficient (Wildman–Crippen LogP) is 5.45. The molecule has 0 amide bonds. The van der Waals surface area contributed by atoms with Crippen molar-refractivity contribution in [3.05, 3.63) is 71.5 Å². The van der Waals surface area contributed by atoms with Crippen molar-refractivity contribution in [1.29, 1.82) is 0 Å². The minimum atomic E-state index is 0.0370. The van der Waals surface area contributed by atoms with Crippen molar-refractivity contribution >= 4 is 10.8 Å². The van der Waals surface area contributed by atoms with Gasteiger partial charge in [-0.05, 0) is 74.6 Å². The van der Waals surface area contributed by atoms with Crippen LogP contribution in [0.2, 0.25) is 0 Å². The van der Waals surface area contributed by atoms with Gasteiger partial charge in [0.2, 0.25) is 0 Å². The van der Waals surface area contributed by atoms with Crippen molar-refractivity contribution in [2.75, 3.05) is 14.1 Å². The summed E-state index contributed by atoms with van der Waals surface area (Å²) < 4.78 is 5.99. The summed E-state index contributed by atoms with van der Waals surface area (Å²) in [6, 6.07) is 17.3. The molecule has 0 radical (unpaired) electrons. The molecule has 0 aliphatic carbocycles. The number of aryl methyl sites for hydroxylation is 1. The number of benzene rings is 2. The Morgan fingerprint density at radius 3 is 2.44 bits per heavy atom. The third-order valence-electron chi connectivity index (χ3n) is 5.07. The Labute approximate surface area is 163 Å². The van der Waals surface area contributed by atoms with Gasteiger partial charge in [0.1, 0.15) is 12.0 Å². The van der Waals surface area contributed by atoms with Crippen LogP contribution in [-0.4, -0.2) is 30.2 Å². The maximum absolute atomic E-state index is 5.99. The molecular formula is C24H30N2O. The van der Waals surface area contributed by atoms with E-state index < -0.39 is 0 Å². The molecule has 0 aliphatic heterocycles. The van der Waals surface area contributed by atoms with Crippen molar-refractivity contribution in [3.8, 4) is 5.75 Å². The fourth-order valence-corrected chi connectivity index (χ4v) is 3.13. The fraction of sp³-hybridized carbons (Fsp3) is 0.375. The van der Waals surface area contributed by atoms with E-state index >= 15 is 0 Å². The predicted molar refractivity (Wildman–Crippen MR) is 113 cm³/mol. The van der Waals surface area contributed by atoms with Crippen LogP contribution in [0.3, 0.4) is 0 Å². The Bertz CT molecular complexity index is 871. The molecule has 0 aliphatic rings. The molecule has 0 spiro atoms. The summed E-state index contributed by atoms with van der Waals surface area (Å²) >= 11 is 0. The number of unbranched alkanes of at least 4 members (excludes halogenated alkanes) is 1. The third-order valence-corrected chi connectivity index (χ3v) is 5.07. The zero-order chi connectivity index (χ0) is 19.2. The lowest BCUT2D eigenvalue weighted by Crippen LogP contribution is -2.30. The highest BCUT2D eigenvalue weighted by molar-refractivity contribution is 5.86. The van der Waals surface area contributed by atoms with Crippen LogP contribution in [0.25, 0.3) is 10.8 Å². The SMILES string of the molecule is CCCCc1ccc(Cc2nccc3cc(OC(C)N(C)C)ccc23)cc1. The van der Waals surface area contributed by atoms with Crippen LogP contribution >= 0.6 is 0 Å². The summed E-state index contributed by atoms with van der Waals surface area (Å²) in [6.45, 7) is 4.28. The van der Waals surface area contributed by atoms with Crippen LogP contribution in [0.1, 0.15) is 43.5 Å². The average molecular weight is 363 g/mol. The zero-order valence-electron chi connectivity index (χ0n) is 16.9. The Morgan fingerprint density at radius 2 is 1.74 bits per heavy atom. The monoisotopic (exact) mass is 362 g/mol. The maximum atomic E-state index is 5.99. The molecule has 0 fully saturated rings. The smallest absolute Gasteiger partial charge is 0.149 e. The van der Waals surface area contributed by atoms with E-state index in [9.17, 15) is 0 Å². The normalized spacial score (nSPS) is 12.5. The number of fused-ring (bicyclic) bond motifs is 1. The standard InChI is InChI=1S/C24H30N2O/c1-5-6-7-19-8-10-20(11-9-19)16-24-23-13-12-22(27-18(2)26(3)4)17-21(23)14-15-25-24/h8-15,17-18H,5-7,16H2,1-4H3. The molecule has 3 nitrogen and oxygen atoms in total. The molecule has 0 saturated heterocycles. The topological polar surface area (TPSA) is 25.4 Å². The molecular weight excluding hydrogens is 332 g/mol. The van der Waals surface area contributed by atoms with Crippen molar-refractivity contribution in [2.24, 2.45) is 0 Å². The first-order valence-electron chi connectivity index (χ1n) is 9.85. The van der Waals surface area contributed by atoms with Crippen LogP contribution in [0.5, 0.6) is 5.75 Å². The summed E-state index contributed by atoms with van der Waals surface area (Å²) in [7, 11) is 4.03. The van der Waals surface area contributed by atoms with E-state index in [2.05, 4.69) is 54.4 Å². The Kier molecular flexibility index (Phi) is 6.46. The van der Waals surface area contributed by atoms with Gasteiger partial charge in [-0.3, -0.25) is 9.88 Å². The van der Waals surface area contributed by atoms with Crippen LogP contribution in [-0.2, 0) is 12.8 Å². The molecule has 27 heavy (non-hydrogen) atoms. The second-order valence-electron chi connectivity index (χ2n) is 7.42. The number of hydrogen-bond acceptors (Lipinski definition) is 3. The van der Waals surface area contributed by atoms with E-state index in [4.69, 9.17) is 4.74 Å². The minimum absolute atomic E-state index is 0.0370. The Balaban J connectivity index is 1.78. The molecule has 0 N–H and O–H groups in total. The van der Waals surface area contributed by atoms with Gasteiger partial charge in [0.05, 0.1) is 5.69 Å². The lowest BCUT2D eigenvalue weighted by Gasteiger charge is -2.21. The van der Waals surface area contributed by atoms with Gasteiger partial charge >= 0.3 is 0 Å². The summed E-state index contributed by atoms with van der Waals surface area (Å²) in [5, 5.41) is 2.36. The second kappa shape index (κ2) is 9.01. The van der Waals surface area contributed by atoms with Crippen molar-refractivity contribution < 1.29 is 4.74 Å². The van der Waals surface area contributed by atoms with Gasteiger partial charge in [0, 0.05) is 18.0 Å². The summed E-state index contributed by atoms with van der Waals surface area (Å²) in [5.41, 5.74) is 3.83. The first-order valence-corrected chi connectivity index (χ1v) is 9.85. The number of ether oxygens (including phenoxy) is 1. The van der Waals surface area contributed by atoms with Crippen molar-refractivity contribution in [2.45, 2.75) is 45.8 Å². The molecule has 2 aromatic carbocycles. The zero-order valence-corrected chi connectivity index (χ0v) is 16.9. The quantitative estimate of drug-likeness (QED) is 0.498. The van der Waals surface area contributed by atoms with Crippen LogP contribution in [0.4, 0.5) is 0 Å². The molecule has 0 bridgehead atoms. The molecule has 142 valence electrons. The third kappa shape index (κ3) is 5.08. The lowest BCUT2D eigenvalue weighted by molar-refractivity contribution is 0.0817. The van der Waals surface area contributed by atoms with Gasteiger partial charge in [0.15, 0.2) is 0 Å². The highest BCUT2D eigenvalue weighted by Crippen LogP contribution is 2.25. The largest absolute Gasteiger partial charge is 0.475 e. The number of hydrogen-bond donors (Lipinski definition) is 0. The first kappa shape index (κ1) is 19.4. The number of pyridine rings is 1. The summed E-state index contributed by atoms with van der Waals surface area (Å²) in [4.78, 5) is 6.69. The van der Waals surface area contributed by atoms with E-state index in [-0.39, 0.29) is 6.23 Å². The number of aromatic nitrogens is 1. The van der Waals surface area contributed by atoms with Gasteiger partial charge in [-0.25, -0.2) is 0 Å². The highest BCUT2D eigenvalue weighted by atomic mass is 16.5. The van der Waals surface area contributed by atoms with Gasteiger partial charge in [0.25, 0.3) is 0 Å². The van der Waals surface area contributed by atoms with Crippen molar-refractivity contribution in [3.63, 3.8) is 0 Å². The molecule has 0 saturated carbocycles. The van der Waals surface area contributed by atoms with E-state index in [1.165, 1.54) is 34.7 Å². The molecule has 1 heterocycles. The molecule has 1 unspecified atom stereocenters. The van der Waals surface area contributed by atoms with Crippen LogP contribution < -0.4 is 4.74 Å². The van der Waals surface area contributed by atoms with E-state index in [0.717, 1.165) is 24.3 Å². The summed E-state index contributed by atoms with van der Waals surface area (Å²) in [6.07, 6.45) is 6.43. The Morgan fingerprint density at radius 1 is 1.00 bits per heavy atom. The minimum Gasteiger partial charge on any atom is -0.475 e. The fourth-order valence-electron chi connectivity index (χ4n) is 3.13. The van der Waals surface area contributed by atoms with Gasteiger partial charge in [-0.1, -0.05) is 37.6 Å². The van der Waals surface area contributed by atoms with E-state index in [0.29, 0.717) is 0 Å². The van der Waals surface area contributed by atoms with Crippen LogP contribution in [0.15, 0.2) is 54.7 Å². The van der Waals surface area contributed by atoms with E-state index in [1.807, 2.05) is 38.2 Å². The summed E-state index contributed by atoms with van der Waals surface area (Å²) in [5.74, 6) is 0.890. The van der Waals surface area contributed by atoms with Gasteiger partial charge in [-0.2, -0.15) is 0 Å². The number of nitrogens with zero attached hydrogens (tertiary/aromatic N) is 2. The van der Waals surface area contributed by atoms with Crippen LogP contribution in [0, 0.1) is 0 Å². The second-order valence-corrected chi connectivity index (χ2v) is 7.42. The molecule has 1 atom stereocenters. The van der Waals surface area contributed by atoms with Gasteiger partial charge in [-0.15, -0.1) is 0 Å². The molecule has 3 rings (SSSR count). The lowest BCUT2D eigenvalue weighted by atomic mass is 10.0.